The number of unbranched alkanes of at least 4 members (excludes halogenated alkanes) is 18. The fourth-order valence-electron chi connectivity index (χ4n) is 7.12. The van der Waals surface area contributed by atoms with E-state index in [2.05, 4.69) is 13.8 Å². The number of thioether (sulfide) groups is 2. The van der Waals surface area contributed by atoms with E-state index in [4.69, 9.17) is 0 Å². The predicted octanol–water partition coefficient (Wildman–Crippen LogP) is 9.06. The van der Waals surface area contributed by atoms with E-state index in [0.29, 0.717) is 11.5 Å². The molecule has 2 aliphatic rings. The first kappa shape index (κ1) is 47.7. The normalized spacial score (nSPS) is 18.3. The van der Waals surface area contributed by atoms with Crippen molar-refractivity contribution in [2.24, 2.45) is 0 Å². The Kier molecular flexibility index (Phi) is 23.0. The molecule has 2 saturated heterocycles. The van der Waals surface area contributed by atoms with Crippen LogP contribution in [-0.4, -0.2) is 120 Å². The molecule has 2 heterocycles. The van der Waals surface area contributed by atoms with Crippen LogP contribution in [0.4, 0.5) is 9.59 Å². The summed E-state index contributed by atoms with van der Waals surface area (Å²) >= 11 is 3.28. The van der Waals surface area contributed by atoms with E-state index < -0.39 is 47.2 Å². The van der Waals surface area contributed by atoms with Gasteiger partial charge < -0.3 is 10.2 Å². The molecule has 6 amide bonds. The molecule has 2 unspecified atom stereocenters. The molecule has 308 valence electrons. The van der Waals surface area contributed by atoms with E-state index in [-0.39, 0.29) is 19.8 Å². The number of hydrogen-bond acceptors (Lipinski definition) is 8. The van der Waals surface area contributed by atoms with Gasteiger partial charge in [-0.05, 0) is 52.0 Å². The number of rotatable bonds is 32. The first-order valence-corrected chi connectivity index (χ1v) is 23.4. The molecule has 0 aliphatic carbocycles. The molecule has 2 N–H and O–H groups in total. The molecule has 2 aliphatic heterocycles. The predicted molar refractivity (Wildman–Crippen MR) is 221 cm³/mol. The minimum atomic E-state index is -1.27. The number of aliphatic hydroxyl groups is 2. The van der Waals surface area contributed by atoms with Gasteiger partial charge in [0.15, 0.2) is 0 Å². The summed E-state index contributed by atoms with van der Waals surface area (Å²) in [5, 5.41) is 21.5. The highest BCUT2D eigenvalue weighted by Gasteiger charge is 2.57. The summed E-state index contributed by atoms with van der Waals surface area (Å²) in [6, 6.07) is -1.17. The van der Waals surface area contributed by atoms with Crippen molar-refractivity contribution in [2.45, 2.75) is 193 Å². The van der Waals surface area contributed by atoms with Crippen LogP contribution in [0.15, 0.2) is 0 Å². The molecule has 0 radical (unpaired) electrons. The van der Waals surface area contributed by atoms with E-state index in [0.717, 1.165) is 34.1 Å². The first-order valence-electron chi connectivity index (χ1n) is 21.1. The fourth-order valence-corrected chi connectivity index (χ4v) is 9.03. The van der Waals surface area contributed by atoms with Gasteiger partial charge in [0, 0.05) is 11.5 Å². The van der Waals surface area contributed by atoms with Crippen LogP contribution in [0, 0.1) is 0 Å². The van der Waals surface area contributed by atoms with Gasteiger partial charge in [0.2, 0.25) is 0 Å². The van der Waals surface area contributed by atoms with E-state index in [9.17, 15) is 29.4 Å². The van der Waals surface area contributed by atoms with Crippen molar-refractivity contribution in [1.29, 1.82) is 0 Å². The fraction of sp³-hybridized carbons (Fsp3) is 0.902. The highest BCUT2D eigenvalue weighted by Crippen LogP contribution is 2.34. The average Bonchev–Trinajstić information content (AvgIpc) is 3.37. The number of carbonyl (C=O) groups excluding carboxylic acids is 4. The molecule has 0 bridgehead atoms. The van der Waals surface area contributed by atoms with Crippen molar-refractivity contribution in [3.05, 3.63) is 0 Å². The Bertz CT molecular complexity index is 1010. The monoisotopic (exact) mass is 785 g/mol. The van der Waals surface area contributed by atoms with Crippen molar-refractivity contribution in [3.63, 3.8) is 0 Å². The Morgan fingerprint density at radius 3 is 1.08 bits per heavy atom. The summed E-state index contributed by atoms with van der Waals surface area (Å²) in [4.78, 5) is 58.9. The van der Waals surface area contributed by atoms with Crippen LogP contribution in [0.1, 0.15) is 170 Å². The van der Waals surface area contributed by atoms with E-state index in [1.165, 1.54) is 125 Å². The second-order valence-electron chi connectivity index (χ2n) is 16.3. The molecule has 10 nitrogen and oxygen atoms in total. The minimum Gasteiger partial charge on any atom is -0.390 e. The first-order chi connectivity index (χ1) is 25.3. The third kappa shape index (κ3) is 15.9. The number of hydrogen-bond donors (Lipinski definition) is 2. The van der Waals surface area contributed by atoms with Crippen LogP contribution in [0.5, 0.6) is 0 Å². The number of amides is 6. The number of imide groups is 2. The van der Waals surface area contributed by atoms with Gasteiger partial charge in [-0.1, -0.05) is 129 Å². The Balaban J connectivity index is 1.75. The molecule has 0 aromatic carbocycles. The molecule has 2 fully saturated rings. The van der Waals surface area contributed by atoms with Crippen LogP contribution < -0.4 is 0 Å². The molecular weight excluding hydrogens is 709 g/mol. The number of nitrogens with zero attached hydrogens (tertiary/aromatic N) is 4. The Morgan fingerprint density at radius 1 is 0.491 bits per heavy atom. The van der Waals surface area contributed by atoms with Gasteiger partial charge in [-0.25, -0.2) is 9.59 Å². The largest absolute Gasteiger partial charge is 0.390 e. The van der Waals surface area contributed by atoms with Crippen LogP contribution in [0.25, 0.3) is 0 Å². The molecule has 2 atom stereocenters. The molecule has 0 aromatic heterocycles. The van der Waals surface area contributed by atoms with Crippen LogP contribution in [-0.2, 0) is 9.59 Å². The lowest BCUT2D eigenvalue weighted by atomic mass is 10.0. The molecule has 0 spiro atoms. The summed E-state index contributed by atoms with van der Waals surface area (Å²) < 4.78 is 0. The van der Waals surface area contributed by atoms with Crippen molar-refractivity contribution < 1.29 is 29.4 Å². The van der Waals surface area contributed by atoms with Crippen LogP contribution in [0.3, 0.4) is 0 Å². The summed E-state index contributed by atoms with van der Waals surface area (Å²) in [6.07, 6.45) is 23.7. The van der Waals surface area contributed by atoms with E-state index >= 15 is 0 Å². The van der Waals surface area contributed by atoms with Crippen LogP contribution >= 0.6 is 23.5 Å². The lowest BCUT2D eigenvalue weighted by Gasteiger charge is -2.36. The minimum absolute atomic E-state index is 0.117. The Hall–Kier alpha value is -1.50. The SMILES string of the molecule is CCCCCCCCCCCCSCC(O)CN1C(=O)N(CN2C(=O)N(CC(O)CSCCCCCCCCCCCC)C(=O)C2(C)C)C(C)(C)C1=O. The molecular formula is C41H76N4O6S2. The Morgan fingerprint density at radius 2 is 0.774 bits per heavy atom. The highest BCUT2D eigenvalue weighted by atomic mass is 32.2. The molecule has 0 saturated carbocycles. The zero-order valence-electron chi connectivity index (χ0n) is 34.4. The van der Waals surface area contributed by atoms with E-state index in [1.807, 2.05) is 0 Å². The van der Waals surface area contributed by atoms with Crippen molar-refractivity contribution in [1.82, 2.24) is 19.6 Å². The highest BCUT2D eigenvalue weighted by molar-refractivity contribution is 7.99. The zero-order valence-corrected chi connectivity index (χ0v) is 36.0. The molecule has 0 aromatic rings. The molecule has 2 rings (SSSR count). The molecule has 12 heteroatoms. The van der Waals surface area contributed by atoms with Gasteiger partial charge in [-0.2, -0.15) is 23.5 Å². The standard InChI is InChI=1S/C41H76N4O6S2/c1-7-9-11-13-15-17-19-21-23-25-27-52-31-34(46)29-42-36(48)40(3,4)44(38(42)50)33-45-39(51)43(37(49)41(45,5)6)30-35(47)32-53-28-26-24-22-20-18-16-14-12-10-8-2/h34-35,46-47H,7-33H2,1-6H3. The van der Waals surface area contributed by atoms with Gasteiger partial charge in [0.05, 0.1) is 25.3 Å². The van der Waals surface area contributed by atoms with Gasteiger partial charge in [0.25, 0.3) is 11.8 Å². The second kappa shape index (κ2) is 25.6. The van der Waals surface area contributed by atoms with E-state index in [1.54, 1.807) is 51.2 Å². The maximum absolute atomic E-state index is 13.6. The lowest BCUT2D eigenvalue weighted by Crippen LogP contribution is -2.55. The van der Waals surface area contributed by atoms with Crippen LogP contribution in [0.2, 0.25) is 0 Å². The maximum Gasteiger partial charge on any atom is 0.329 e. The average molecular weight is 785 g/mol. The lowest BCUT2D eigenvalue weighted by molar-refractivity contribution is -0.133. The topological polar surface area (TPSA) is 122 Å². The third-order valence-electron chi connectivity index (χ3n) is 10.8. The maximum atomic E-state index is 13.6. The molecule has 53 heavy (non-hydrogen) atoms. The van der Waals surface area contributed by atoms with Gasteiger partial charge >= 0.3 is 12.1 Å². The number of β-amino-alcohol motifs (C(OH)–C–C–N with tert-alkyl or cyclic N) is 2. The Labute approximate surface area is 331 Å². The number of urea groups is 2. The van der Waals surface area contributed by atoms with Crippen molar-refractivity contribution in [2.75, 3.05) is 42.8 Å². The summed E-state index contributed by atoms with van der Waals surface area (Å²) in [6.45, 7) is 10.5. The summed E-state index contributed by atoms with van der Waals surface area (Å²) in [5.41, 5.74) is -2.53. The quantitative estimate of drug-likeness (QED) is 0.0512. The van der Waals surface area contributed by atoms with Gasteiger partial charge in [-0.3, -0.25) is 29.2 Å². The van der Waals surface area contributed by atoms with Crippen molar-refractivity contribution >= 4 is 47.4 Å². The summed E-state index contributed by atoms with van der Waals surface area (Å²) in [5.74, 6) is 1.83. The number of carbonyl (C=O) groups is 4. The van der Waals surface area contributed by atoms with Gasteiger partial charge in [-0.15, -0.1) is 0 Å². The second-order valence-corrected chi connectivity index (χ2v) is 18.6. The van der Waals surface area contributed by atoms with Gasteiger partial charge in [0.1, 0.15) is 17.7 Å². The third-order valence-corrected chi connectivity index (χ3v) is 13.2. The smallest absolute Gasteiger partial charge is 0.329 e. The summed E-state index contributed by atoms with van der Waals surface area (Å²) in [7, 11) is 0. The number of aliphatic hydroxyl groups excluding tert-OH is 2. The van der Waals surface area contributed by atoms with Crippen molar-refractivity contribution in [3.8, 4) is 0 Å². The zero-order chi connectivity index (χ0) is 39.3.